The monoisotopic (exact) mass is 644 g/mol. The molecule has 2 heterocycles. The summed E-state index contributed by atoms with van der Waals surface area (Å²) in [5.74, 6) is 0.212. The molecule has 1 aromatic heterocycles. The van der Waals surface area contributed by atoms with E-state index in [1.807, 2.05) is 43.0 Å². The van der Waals surface area contributed by atoms with Crippen molar-refractivity contribution in [2.45, 2.75) is 70.8 Å². The maximum atomic E-state index is 13.2. The Morgan fingerprint density at radius 2 is 1.87 bits per heavy atom. The van der Waals surface area contributed by atoms with Crippen LogP contribution in [0.2, 0.25) is 0 Å². The predicted octanol–water partition coefficient (Wildman–Crippen LogP) is 6.92. The molecule has 2 aromatic carbocycles. The highest BCUT2D eigenvalue weighted by atomic mass is 19.4. The fourth-order valence-electron chi connectivity index (χ4n) is 6.13. The molecule has 1 aliphatic heterocycles. The van der Waals surface area contributed by atoms with E-state index in [4.69, 9.17) is 14.2 Å². The summed E-state index contributed by atoms with van der Waals surface area (Å²) in [6.07, 6.45) is -0.179. The van der Waals surface area contributed by atoms with Crippen LogP contribution in [-0.4, -0.2) is 85.7 Å². The van der Waals surface area contributed by atoms with Gasteiger partial charge in [-0.25, -0.2) is 9.59 Å². The number of aromatic nitrogens is 1. The Morgan fingerprint density at radius 3 is 2.54 bits per heavy atom. The molecule has 0 radical (unpaired) electrons. The number of esters is 1. The number of anilines is 1. The molecule has 12 heteroatoms. The van der Waals surface area contributed by atoms with Crippen molar-refractivity contribution in [2.75, 3.05) is 52.3 Å². The number of nitrogens with one attached hydrogen (secondary N) is 1. The Hall–Kier alpha value is -3.77. The summed E-state index contributed by atoms with van der Waals surface area (Å²) in [6.45, 7) is 5.96. The normalized spacial score (nSPS) is 17.7. The minimum atomic E-state index is -4.25. The number of piperazine rings is 1. The molecule has 5 rings (SSSR count). The molecule has 1 saturated heterocycles. The van der Waals surface area contributed by atoms with Gasteiger partial charge in [-0.2, -0.15) is 13.2 Å². The zero-order chi connectivity index (χ0) is 33.0. The van der Waals surface area contributed by atoms with E-state index >= 15 is 0 Å². The Morgan fingerprint density at radius 1 is 1.09 bits per heavy atom. The van der Waals surface area contributed by atoms with Crippen LogP contribution >= 0.6 is 0 Å². The average molecular weight is 645 g/mol. The summed E-state index contributed by atoms with van der Waals surface area (Å²) in [4.78, 5) is 29.6. The second kappa shape index (κ2) is 14.3. The largest absolute Gasteiger partial charge is 0.496 e. The van der Waals surface area contributed by atoms with Crippen molar-refractivity contribution in [3.8, 4) is 5.75 Å². The molecule has 0 bridgehead atoms. The minimum absolute atomic E-state index is 0.0949. The van der Waals surface area contributed by atoms with Crippen LogP contribution in [0.4, 0.5) is 23.7 Å². The molecule has 0 amide bonds. The number of hydrogen-bond acceptors (Lipinski definition) is 8. The van der Waals surface area contributed by atoms with E-state index in [1.165, 1.54) is 11.7 Å². The van der Waals surface area contributed by atoms with E-state index in [2.05, 4.69) is 10.2 Å². The highest BCUT2D eigenvalue weighted by Gasteiger charge is 2.34. The lowest BCUT2D eigenvalue weighted by Crippen LogP contribution is -2.48. The third kappa shape index (κ3) is 7.78. The van der Waals surface area contributed by atoms with E-state index in [0.29, 0.717) is 49.8 Å². The molecule has 2 aliphatic rings. The van der Waals surface area contributed by atoms with Crippen LogP contribution < -0.4 is 10.1 Å². The molecule has 9 nitrogen and oxygen atoms in total. The maximum Gasteiger partial charge on any atom is 0.418 e. The number of rotatable bonds is 12. The second-order valence-corrected chi connectivity index (χ2v) is 12.2. The van der Waals surface area contributed by atoms with Crippen LogP contribution in [-0.2, 0) is 16.0 Å². The average Bonchev–Trinajstić information content (AvgIpc) is 3.73. The standard InChI is InChI=1S/C34H43F3N4O5/c1-5-6-17-46-33(43)41-13-11-25-27(30(44-3)18-22(2)31(25)41)20-40-16-15-39(14-12-34(35,36)37)21-29(40)23-7-10-26(32(42)45-4)28(19-23)38-24-8-9-24/h7,10-11,13,18-19,24,29,38H,5-6,8-9,12,14-17,20-21H2,1-4H3/t29-/m1/s1. The van der Waals surface area contributed by atoms with Gasteiger partial charge < -0.3 is 19.5 Å². The maximum absolute atomic E-state index is 13.2. The van der Waals surface area contributed by atoms with E-state index < -0.39 is 24.7 Å². The zero-order valence-electron chi connectivity index (χ0n) is 26.9. The first-order chi connectivity index (χ1) is 22.0. The molecule has 0 spiro atoms. The molecular weight excluding hydrogens is 601 g/mol. The number of unbranched alkanes of at least 4 members (excludes halogenated alkanes) is 1. The Bertz CT molecular complexity index is 1550. The SMILES string of the molecule is CCCCOC(=O)n1ccc2c(CN3CCN(CCC(F)(F)F)C[C@@H]3c3ccc(C(=O)OC)c(NC4CC4)c3)c(OC)cc(C)c21. The Balaban J connectivity index is 1.51. The van der Waals surface area contributed by atoms with Crippen LogP contribution in [0.5, 0.6) is 5.75 Å². The summed E-state index contributed by atoms with van der Waals surface area (Å²) >= 11 is 0. The van der Waals surface area contributed by atoms with Crippen molar-refractivity contribution in [1.82, 2.24) is 14.4 Å². The summed E-state index contributed by atoms with van der Waals surface area (Å²) < 4.78 is 57.5. The highest BCUT2D eigenvalue weighted by molar-refractivity contribution is 5.96. The number of alkyl halides is 3. The lowest BCUT2D eigenvalue weighted by atomic mass is 9.97. The molecule has 1 aliphatic carbocycles. The van der Waals surface area contributed by atoms with Gasteiger partial charge in [0.05, 0.1) is 38.3 Å². The fourth-order valence-corrected chi connectivity index (χ4v) is 6.13. The van der Waals surface area contributed by atoms with Crippen LogP contribution in [0.15, 0.2) is 36.5 Å². The van der Waals surface area contributed by atoms with Gasteiger partial charge in [-0.05, 0) is 61.6 Å². The quantitative estimate of drug-likeness (QED) is 0.168. The Kier molecular flexibility index (Phi) is 10.5. The van der Waals surface area contributed by atoms with Gasteiger partial charge in [0, 0.05) is 67.6 Å². The van der Waals surface area contributed by atoms with Gasteiger partial charge in [-0.3, -0.25) is 14.4 Å². The first-order valence-electron chi connectivity index (χ1n) is 15.9. The van der Waals surface area contributed by atoms with Crippen molar-refractivity contribution in [1.29, 1.82) is 0 Å². The summed E-state index contributed by atoms with van der Waals surface area (Å²) in [7, 11) is 2.94. The Labute approximate surface area is 267 Å². The number of carbonyl (C=O) groups excluding carboxylic acids is 2. The highest BCUT2D eigenvalue weighted by Crippen LogP contribution is 2.38. The number of halogens is 3. The van der Waals surface area contributed by atoms with Crippen molar-refractivity contribution >= 4 is 28.7 Å². The van der Waals surface area contributed by atoms with Crippen LogP contribution in [0.25, 0.3) is 10.9 Å². The summed E-state index contributed by atoms with van der Waals surface area (Å²) in [5, 5.41) is 4.28. The van der Waals surface area contributed by atoms with Gasteiger partial charge in [0.1, 0.15) is 5.75 Å². The van der Waals surface area contributed by atoms with Gasteiger partial charge in [-0.1, -0.05) is 19.4 Å². The van der Waals surface area contributed by atoms with E-state index in [-0.39, 0.29) is 18.6 Å². The van der Waals surface area contributed by atoms with Crippen LogP contribution in [0, 0.1) is 6.92 Å². The number of benzene rings is 2. The van der Waals surface area contributed by atoms with Crippen molar-refractivity contribution in [3.63, 3.8) is 0 Å². The van der Waals surface area contributed by atoms with E-state index in [1.54, 1.807) is 19.4 Å². The number of hydrogen-bond donors (Lipinski definition) is 1. The first-order valence-corrected chi connectivity index (χ1v) is 15.9. The van der Waals surface area contributed by atoms with E-state index in [0.717, 1.165) is 53.3 Å². The first kappa shape index (κ1) is 33.6. The molecule has 46 heavy (non-hydrogen) atoms. The topological polar surface area (TPSA) is 85.3 Å². The van der Waals surface area contributed by atoms with Crippen LogP contribution in [0.3, 0.4) is 0 Å². The zero-order valence-corrected chi connectivity index (χ0v) is 26.9. The van der Waals surface area contributed by atoms with Crippen molar-refractivity contribution in [3.05, 3.63) is 58.8 Å². The van der Waals surface area contributed by atoms with Gasteiger partial charge in [0.15, 0.2) is 0 Å². The molecular formula is C34H43F3N4O5. The second-order valence-electron chi connectivity index (χ2n) is 12.2. The molecule has 250 valence electrons. The lowest BCUT2D eigenvalue weighted by molar-refractivity contribution is -0.139. The number of methoxy groups -OCH3 is 2. The predicted molar refractivity (Wildman–Crippen MR) is 170 cm³/mol. The lowest BCUT2D eigenvalue weighted by Gasteiger charge is -2.42. The van der Waals surface area contributed by atoms with Crippen molar-refractivity contribution < 1.29 is 37.0 Å². The number of aryl methyl sites for hydroxylation is 1. The number of fused-ring (bicyclic) bond motifs is 1. The number of ether oxygens (including phenoxy) is 3. The summed E-state index contributed by atoms with van der Waals surface area (Å²) in [6, 6.07) is 9.31. The molecule has 0 unspecified atom stereocenters. The van der Waals surface area contributed by atoms with Crippen molar-refractivity contribution in [2.24, 2.45) is 0 Å². The summed E-state index contributed by atoms with van der Waals surface area (Å²) in [5.41, 5.74) is 4.43. The van der Waals surface area contributed by atoms with Crippen LogP contribution in [0.1, 0.15) is 72.1 Å². The molecule has 2 fully saturated rings. The van der Waals surface area contributed by atoms with Gasteiger partial charge in [0.2, 0.25) is 0 Å². The fraction of sp³-hybridized carbons (Fsp3) is 0.529. The third-order valence-corrected chi connectivity index (χ3v) is 8.79. The molecule has 1 saturated carbocycles. The van der Waals surface area contributed by atoms with Gasteiger partial charge in [0.25, 0.3) is 0 Å². The van der Waals surface area contributed by atoms with Gasteiger partial charge >= 0.3 is 18.2 Å². The third-order valence-electron chi connectivity index (χ3n) is 8.79. The minimum Gasteiger partial charge on any atom is -0.496 e. The van der Waals surface area contributed by atoms with E-state index in [9.17, 15) is 22.8 Å². The van der Waals surface area contributed by atoms with Gasteiger partial charge in [-0.15, -0.1) is 0 Å². The molecule has 3 aromatic rings. The number of carbonyl (C=O) groups is 2. The molecule has 1 atom stereocenters. The smallest absolute Gasteiger partial charge is 0.418 e. The number of nitrogens with zero attached hydrogens (tertiary/aromatic N) is 3. The molecule has 1 N–H and O–H groups in total.